The molecule has 4 amide bonds. The minimum Gasteiger partial charge on any atom is -0.479 e. The molecule has 0 aromatic heterocycles. The summed E-state index contributed by atoms with van der Waals surface area (Å²) in [7, 11) is 0. The van der Waals surface area contributed by atoms with Gasteiger partial charge in [-0.05, 0) is 0 Å². The van der Waals surface area contributed by atoms with Gasteiger partial charge in [-0.15, -0.1) is 0 Å². The van der Waals surface area contributed by atoms with Crippen molar-refractivity contribution in [3.05, 3.63) is 0 Å². The van der Waals surface area contributed by atoms with Gasteiger partial charge in [-0.25, -0.2) is 9.59 Å². The second-order valence-electron chi connectivity index (χ2n) is 4.41. The number of carbonyl (C=O) groups is 4. The highest BCUT2D eigenvalue weighted by atomic mass is 16.5. The van der Waals surface area contributed by atoms with E-state index < -0.39 is 42.4 Å². The Kier molecular flexibility index (Phi) is 4.86. The van der Waals surface area contributed by atoms with Crippen molar-refractivity contribution >= 4 is 23.8 Å². The molecule has 20 heavy (non-hydrogen) atoms. The van der Waals surface area contributed by atoms with Crippen molar-refractivity contribution in [2.45, 2.75) is 12.0 Å². The fourth-order valence-electron chi connectivity index (χ4n) is 1.75. The Morgan fingerprint density at radius 1 is 1.20 bits per heavy atom. The van der Waals surface area contributed by atoms with Crippen LogP contribution in [0.25, 0.3) is 0 Å². The first-order chi connectivity index (χ1) is 9.27. The van der Waals surface area contributed by atoms with Gasteiger partial charge in [0, 0.05) is 13.0 Å². The molecule has 10 nitrogen and oxygen atoms in total. The molecule has 0 aliphatic carbocycles. The lowest BCUT2D eigenvalue weighted by molar-refractivity contribution is -0.144. The van der Waals surface area contributed by atoms with Crippen LogP contribution in [0, 0.1) is 0 Å². The van der Waals surface area contributed by atoms with E-state index in [-0.39, 0.29) is 19.6 Å². The van der Waals surface area contributed by atoms with E-state index in [0.29, 0.717) is 0 Å². The van der Waals surface area contributed by atoms with Gasteiger partial charge in [0.15, 0.2) is 5.54 Å². The predicted molar refractivity (Wildman–Crippen MR) is 64.3 cm³/mol. The summed E-state index contributed by atoms with van der Waals surface area (Å²) in [6.45, 7) is -1.12. The normalized spacial score (nSPS) is 21.2. The van der Waals surface area contributed by atoms with Crippen LogP contribution in [0.3, 0.4) is 0 Å². The number of hydrogen-bond acceptors (Lipinski definition) is 5. The van der Waals surface area contributed by atoms with Crippen molar-refractivity contribution in [2.24, 2.45) is 11.5 Å². The van der Waals surface area contributed by atoms with Crippen molar-refractivity contribution in [3.8, 4) is 0 Å². The predicted octanol–water partition coefficient (Wildman–Crippen LogP) is -2.79. The molecule has 0 bridgehead atoms. The molecule has 0 radical (unpaired) electrons. The van der Waals surface area contributed by atoms with Gasteiger partial charge in [0.1, 0.15) is 13.1 Å². The van der Waals surface area contributed by atoms with Crippen molar-refractivity contribution in [1.82, 2.24) is 10.2 Å². The van der Waals surface area contributed by atoms with Crippen LogP contribution in [0.1, 0.15) is 6.42 Å². The Morgan fingerprint density at radius 2 is 1.75 bits per heavy atom. The van der Waals surface area contributed by atoms with Gasteiger partial charge in [-0.1, -0.05) is 0 Å². The van der Waals surface area contributed by atoms with Crippen molar-refractivity contribution < 1.29 is 29.0 Å². The lowest BCUT2D eigenvalue weighted by atomic mass is 9.99. The summed E-state index contributed by atoms with van der Waals surface area (Å²) >= 11 is 0. The number of amides is 4. The van der Waals surface area contributed by atoms with Crippen molar-refractivity contribution in [1.29, 1.82) is 0 Å². The highest BCUT2D eigenvalue weighted by molar-refractivity contribution is 5.91. The lowest BCUT2D eigenvalue weighted by Gasteiger charge is -2.28. The van der Waals surface area contributed by atoms with Gasteiger partial charge in [-0.2, -0.15) is 0 Å². The first-order valence-corrected chi connectivity index (χ1v) is 5.72. The standard InChI is InChI=1S/C10H16N4O6/c11-6(15)3-14(4-7(12)16)9(19)13-10(8(17)18)1-2-20-5-10/h1-5H2,(H2,11,15)(H2,12,16)(H,13,19)(H,17,18). The molecule has 1 rings (SSSR count). The van der Waals surface area contributed by atoms with E-state index in [1.165, 1.54) is 0 Å². The average molecular weight is 288 g/mol. The molecule has 6 N–H and O–H groups in total. The van der Waals surface area contributed by atoms with Gasteiger partial charge >= 0.3 is 12.0 Å². The molecule has 1 atom stereocenters. The fourth-order valence-corrected chi connectivity index (χ4v) is 1.75. The number of hydrogen-bond donors (Lipinski definition) is 4. The number of carboxylic acid groups (broad SMARTS) is 1. The van der Waals surface area contributed by atoms with Crippen LogP contribution in [-0.2, 0) is 19.1 Å². The number of rotatable bonds is 6. The molecule has 112 valence electrons. The third-order valence-electron chi connectivity index (χ3n) is 2.76. The maximum Gasteiger partial charge on any atom is 0.332 e. The van der Waals surface area contributed by atoms with Crippen LogP contribution in [0.15, 0.2) is 0 Å². The molecule has 1 saturated heterocycles. The maximum atomic E-state index is 12.0. The molecule has 0 saturated carbocycles. The number of primary amides is 2. The molecule has 0 aromatic carbocycles. The molecule has 1 unspecified atom stereocenters. The van der Waals surface area contributed by atoms with Crippen LogP contribution in [0.5, 0.6) is 0 Å². The zero-order valence-electron chi connectivity index (χ0n) is 10.6. The quantitative estimate of drug-likeness (QED) is 0.412. The SMILES string of the molecule is NC(=O)CN(CC(N)=O)C(=O)NC1(C(=O)O)CCOC1. The second-order valence-corrected chi connectivity index (χ2v) is 4.41. The Balaban J connectivity index is 2.80. The maximum absolute atomic E-state index is 12.0. The second kappa shape index (κ2) is 6.19. The summed E-state index contributed by atoms with van der Waals surface area (Å²) in [5.41, 5.74) is 8.33. The number of urea groups is 1. The topological polar surface area (TPSA) is 165 Å². The zero-order chi connectivity index (χ0) is 15.3. The molecule has 1 aliphatic rings. The van der Waals surface area contributed by atoms with Gasteiger partial charge in [0.25, 0.3) is 0 Å². The van der Waals surface area contributed by atoms with Crippen molar-refractivity contribution in [2.75, 3.05) is 26.3 Å². The highest BCUT2D eigenvalue weighted by Crippen LogP contribution is 2.19. The summed E-state index contributed by atoms with van der Waals surface area (Å²) < 4.78 is 4.97. The molecule has 1 fully saturated rings. The summed E-state index contributed by atoms with van der Waals surface area (Å²) in [4.78, 5) is 45.6. The number of nitrogens with zero attached hydrogens (tertiary/aromatic N) is 1. The number of nitrogens with one attached hydrogen (secondary N) is 1. The molecule has 0 aromatic rings. The number of carbonyl (C=O) groups excluding carboxylic acids is 3. The highest BCUT2D eigenvalue weighted by Gasteiger charge is 2.44. The van der Waals surface area contributed by atoms with Crippen LogP contribution in [-0.4, -0.2) is 65.7 Å². The largest absolute Gasteiger partial charge is 0.479 e. The van der Waals surface area contributed by atoms with Gasteiger partial charge in [0.2, 0.25) is 11.8 Å². The van der Waals surface area contributed by atoms with Gasteiger partial charge in [-0.3, -0.25) is 9.59 Å². The summed E-state index contributed by atoms with van der Waals surface area (Å²) in [6, 6.07) is -0.921. The zero-order valence-corrected chi connectivity index (χ0v) is 10.6. The number of nitrogens with two attached hydrogens (primary N) is 2. The Bertz CT molecular complexity index is 415. The van der Waals surface area contributed by atoms with E-state index >= 15 is 0 Å². The van der Waals surface area contributed by atoms with E-state index in [4.69, 9.17) is 21.3 Å². The first kappa shape index (κ1) is 15.7. The van der Waals surface area contributed by atoms with E-state index in [2.05, 4.69) is 5.32 Å². The Labute approximate surface area is 114 Å². The molecule has 1 heterocycles. The minimum atomic E-state index is -1.58. The van der Waals surface area contributed by atoms with Crippen LogP contribution in [0.4, 0.5) is 4.79 Å². The summed E-state index contributed by atoms with van der Waals surface area (Å²) in [6.07, 6.45) is 0.0784. The third-order valence-corrected chi connectivity index (χ3v) is 2.76. The van der Waals surface area contributed by atoms with E-state index in [9.17, 15) is 19.2 Å². The molecular weight excluding hydrogens is 272 g/mol. The molecular formula is C10H16N4O6. The number of ether oxygens (including phenoxy) is 1. The Hall–Kier alpha value is -2.36. The molecule has 0 spiro atoms. The van der Waals surface area contributed by atoms with Crippen LogP contribution < -0.4 is 16.8 Å². The lowest BCUT2D eigenvalue weighted by Crippen LogP contribution is -2.60. The summed E-state index contributed by atoms with van der Waals surface area (Å²) in [5, 5.41) is 11.4. The minimum absolute atomic E-state index is 0.0784. The number of aliphatic carboxylic acids is 1. The van der Waals surface area contributed by atoms with E-state index in [1.54, 1.807) is 0 Å². The van der Waals surface area contributed by atoms with Crippen molar-refractivity contribution in [3.63, 3.8) is 0 Å². The molecule has 1 aliphatic heterocycles. The number of carboxylic acids is 1. The summed E-state index contributed by atoms with van der Waals surface area (Å²) in [5.74, 6) is -2.97. The first-order valence-electron chi connectivity index (χ1n) is 5.72. The average Bonchev–Trinajstić information content (AvgIpc) is 2.76. The van der Waals surface area contributed by atoms with Gasteiger partial charge in [0.05, 0.1) is 6.61 Å². The third kappa shape index (κ3) is 3.82. The van der Waals surface area contributed by atoms with Crippen LogP contribution >= 0.6 is 0 Å². The monoisotopic (exact) mass is 288 g/mol. The van der Waals surface area contributed by atoms with E-state index in [0.717, 1.165) is 4.90 Å². The fraction of sp³-hybridized carbons (Fsp3) is 0.600. The molecule has 10 heteroatoms. The van der Waals surface area contributed by atoms with Gasteiger partial charge < -0.3 is 31.5 Å². The smallest absolute Gasteiger partial charge is 0.332 e. The Morgan fingerprint density at radius 3 is 2.10 bits per heavy atom. The van der Waals surface area contributed by atoms with Crippen LogP contribution in [0.2, 0.25) is 0 Å². The van der Waals surface area contributed by atoms with E-state index in [1.807, 2.05) is 0 Å².